The van der Waals surface area contributed by atoms with Crippen LogP contribution in [0.1, 0.15) is 42.6 Å². The van der Waals surface area contributed by atoms with Crippen molar-refractivity contribution in [3.05, 3.63) is 41.6 Å². The number of ether oxygens (including phenoxy) is 2. The number of aromatic nitrogens is 3. The molecule has 3 aromatic rings. The topological polar surface area (TPSA) is 112 Å². The summed E-state index contributed by atoms with van der Waals surface area (Å²) in [5.74, 6) is 0.172. The van der Waals surface area contributed by atoms with Crippen molar-refractivity contribution in [3.63, 3.8) is 0 Å². The average Bonchev–Trinajstić information content (AvgIpc) is 3.15. The number of aryl methyl sites for hydroxylation is 1. The van der Waals surface area contributed by atoms with E-state index in [0.717, 1.165) is 17.4 Å². The van der Waals surface area contributed by atoms with Gasteiger partial charge in [-0.1, -0.05) is 25.5 Å². The zero-order valence-corrected chi connectivity index (χ0v) is 18.8. The lowest BCUT2D eigenvalue weighted by molar-refractivity contribution is 0.0527. The van der Waals surface area contributed by atoms with Gasteiger partial charge in [0.05, 0.1) is 25.7 Å². The van der Waals surface area contributed by atoms with Gasteiger partial charge in [-0.25, -0.2) is 18.2 Å². The average molecular weight is 447 g/mol. The minimum absolute atomic E-state index is 0.00398. The van der Waals surface area contributed by atoms with Crippen molar-refractivity contribution in [2.75, 3.05) is 24.2 Å². The van der Waals surface area contributed by atoms with Crippen molar-refractivity contribution in [2.24, 2.45) is 0 Å². The first kappa shape index (κ1) is 22.5. The summed E-state index contributed by atoms with van der Waals surface area (Å²) in [6.07, 6.45) is 2.48. The fourth-order valence-corrected chi connectivity index (χ4v) is 4.42. The molecule has 0 amide bonds. The highest BCUT2D eigenvalue weighted by atomic mass is 32.2. The van der Waals surface area contributed by atoms with E-state index in [1.807, 2.05) is 26.0 Å². The van der Waals surface area contributed by atoms with Crippen LogP contribution < -0.4 is 9.46 Å². The van der Waals surface area contributed by atoms with Crippen LogP contribution in [-0.4, -0.2) is 48.6 Å². The van der Waals surface area contributed by atoms with Gasteiger partial charge in [0, 0.05) is 5.39 Å². The molecule has 9 nitrogen and oxygen atoms in total. The summed E-state index contributed by atoms with van der Waals surface area (Å²) in [7, 11) is -2.15. The SMILES string of the molecule is CCCCS(=O)(=O)Nc1c(C(=O)OCC)cnn1-c1cc(C)c2cccc(OC)c2n1. The smallest absolute Gasteiger partial charge is 0.343 e. The molecule has 0 unspecified atom stereocenters. The molecule has 0 fully saturated rings. The molecular weight excluding hydrogens is 420 g/mol. The van der Waals surface area contributed by atoms with Gasteiger partial charge in [-0.3, -0.25) is 4.72 Å². The van der Waals surface area contributed by atoms with Gasteiger partial charge < -0.3 is 9.47 Å². The Kier molecular flexibility index (Phi) is 6.79. The normalized spacial score (nSPS) is 11.5. The third-order valence-electron chi connectivity index (χ3n) is 4.72. The lowest BCUT2D eigenvalue weighted by Crippen LogP contribution is -2.21. The molecule has 1 aromatic carbocycles. The number of benzene rings is 1. The second-order valence-corrected chi connectivity index (χ2v) is 8.81. The summed E-state index contributed by atoms with van der Waals surface area (Å²) >= 11 is 0. The van der Waals surface area contributed by atoms with Crippen LogP contribution in [0.15, 0.2) is 30.5 Å². The molecule has 0 bridgehead atoms. The number of esters is 1. The molecule has 0 spiro atoms. The number of nitrogens with one attached hydrogen (secondary N) is 1. The zero-order chi connectivity index (χ0) is 22.6. The second-order valence-electron chi connectivity index (χ2n) is 6.97. The van der Waals surface area contributed by atoms with E-state index in [1.165, 1.54) is 10.9 Å². The van der Waals surface area contributed by atoms with E-state index in [1.54, 1.807) is 26.2 Å². The minimum atomic E-state index is -3.70. The molecule has 10 heteroatoms. The Labute approximate surface area is 181 Å². The van der Waals surface area contributed by atoms with Crippen molar-refractivity contribution in [1.82, 2.24) is 14.8 Å². The summed E-state index contributed by atoms with van der Waals surface area (Å²) < 4.78 is 39.5. The summed E-state index contributed by atoms with van der Waals surface area (Å²) in [5, 5.41) is 5.14. The summed E-state index contributed by atoms with van der Waals surface area (Å²) in [6, 6.07) is 7.36. The van der Waals surface area contributed by atoms with Crippen LogP contribution in [0.3, 0.4) is 0 Å². The Hall–Kier alpha value is -3.14. The Morgan fingerprint density at radius 2 is 2.03 bits per heavy atom. The molecule has 0 radical (unpaired) electrons. The van der Waals surface area contributed by atoms with E-state index in [2.05, 4.69) is 14.8 Å². The molecule has 0 saturated heterocycles. The Balaban J connectivity index is 2.18. The van der Waals surface area contributed by atoms with Crippen LogP contribution in [0.25, 0.3) is 16.7 Å². The van der Waals surface area contributed by atoms with Crippen LogP contribution in [0, 0.1) is 6.92 Å². The highest BCUT2D eigenvalue weighted by Crippen LogP contribution is 2.29. The molecule has 3 rings (SSSR count). The zero-order valence-electron chi connectivity index (χ0n) is 18.0. The lowest BCUT2D eigenvalue weighted by Gasteiger charge is -2.14. The Morgan fingerprint density at radius 1 is 1.26 bits per heavy atom. The number of carbonyl (C=O) groups excluding carboxylic acids is 1. The highest BCUT2D eigenvalue weighted by Gasteiger charge is 2.24. The van der Waals surface area contributed by atoms with Crippen molar-refractivity contribution in [1.29, 1.82) is 0 Å². The molecule has 31 heavy (non-hydrogen) atoms. The number of pyridine rings is 1. The molecule has 0 saturated carbocycles. The number of hydrogen-bond donors (Lipinski definition) is 1. The quantitative estimate of drug-likeness (QED) is 0.501. The molecule has 0 aliphatic heterocycles. The lowest BCUT2D eigenvalue weighted by atomic mass is 10.1. The maximum absolute atomic E-state index is 12.6. The first-order chi connectivity index (χ1) is 14.8. The van der Waals surface area contributed by atoms with Crippen LogP contribution in [0.2, 0.25) is 0 Å². The first-order valence-electron chi connectivity index (χ1n) is 10.0. The van der Waals surface area contributed by atoms with Crippen molar-refractivity contribution < 1.29 is 22.7 Å². The number of hydrogen-bond acceptors (Lipinski definition) is 7. The summed E-state index contributed by atoms with van der Waals surface area (Å²) in [5.41, 5.74) is 1.52. The van der Waals surface area contributed by atoms with Gasteiger partial charge in [-0.05, 0) is 38.0 Å². The number of carbonyl (C=O) groups is 1. The monoisotopic (exact) mass is 446 g/mol. The Bertz CT molecular complexity index is 1200. The van der Waals surface area contributed by atoms with E-state index >= 15 is 0 Å². The molecule has 2 aromatic heterocycles. The summed E-state index contributed by atoms with van der Waals surface area (Å²) in [6.45, 7) is 5.64. The van der Waals surface area contributed by atoms with E-state index in [0.29, 0.717) is 23.5 Å². The molecule has 2 heterocycles. The van der Waals surface area contributed by atoms with Gasteiger partial charge in [0.1, 0.15) is 16.8 Å². The van der Waals surface area contributed by atoms with E-state index in [-0.39, 0.29) is 23.7 Å². The number of rotatable bonds is 9. The number of nitrogens with zero attached hydrogens (tertiary/aromatic N) is 3. The number of para-hydroxylation sites is 1. The number of fused-ring (bicyclic) bond motifs is 1. The maximum atomic E-state index is 12.6. The van der Waals surface area contributed by atoms with Gasteiger partial charge in [0.25, 0.3) is 0 Å². The number of anilines is 1. The minimum Gasteiger partial charge on any atom is -0.494 e. The van der Waals surface area contributed by atoms with Gasteiger partial charge >= 0.3 is 5.97 Å². The molecular formula is C21H26N4O5S. The van der Waals surface area contributed by atoms with Gasteiger partial charge in [-0.15, -0.1) is 0 Å². The highest BCUT2D eigenvalue weighted by molar-refractivity contribution is 7.92. The maximum Gasteiger partial charge on any atom is 0.343 e. The van der Waals surface area contributed by atoms with Crippen molar-refractivity contribution in [3.8, 4) is 11.6 Å². The number of methoxy groups -OCH3 is 1. The molecule has 1 N–H and O–H groups in total. The van der Waals surface area contributed by atoms with Gasteiger partial charge in [0.2, 0.25) is 10.0 Å². The van der Waals surface area contributed by atoms with Gasteiger partial charge in [0.15, 0.2) is 11.6 Å². The van der Waals surface area contributed by atoms with Crippen LogP contribution in [0.5, 0.6) is 5.75 Å². The first-order valence-corrected chi connectivity index (χ1v) is 11.7. The Morgan fingerprint density at radius 3 is 2.71 bits per heavy atom. The number of sulfonamides is 1. The van der Waals surface area contributed by atoms with E-state index in [4.69, 9.17) is 9.47 Å². The van der Waals surface area contributed by atoms with Crippen LogP contribution in [-0.2, 0) is 14.8 Å². The largest absolute Gasteiger partial charge is 0.494 e. The van der Waals surface area contributed by atoms with E-state index < -0.39 is 16.0 Å². The molecule has 0 aliphatic carbocycles. The van der Waals surface area contributed by atoms with E-state index in [9.17, 15) is 13.2 Å². The number of unbranched alkanes of at least 4 members (excludes halogenated alkanes) is 1. The van der Waals surface area contributed by atoms with Gasteiger partial charge in [-0.2, -0.15) is 9.78 Å². The molecule has 0 atom stereocenters. The van der Waals surface area contributed by atoms with Crippen LogP contribution >= 0.6 is 0 Å². The van der Waals surface area contributed by atoms with Crippen molar-refractivity contribution in [2.45, 2.75) is 33.6 Å². The molecule has 166 valence electrons. The van der Waals surface area contributed by atoms with Crippen molar-refractivity contribution >= 4 is 32.7 Å². The fraction of sp³-hybridized carbons (Fsp3) is 0.381. The fourth-order valence-electron chi connectivity index (χ4n) is 3.16. The summed E-state index contributed by atoms with van der Waals surface area (Å²) in [4.78, 5) is 17.1. The standard InChI is InChI=1S/C21H26N4O5S/c1-5-7-11-31(27,28)24-20-16(21(26)30-6-2)13-22-25(20)18-12-14(3)15-9-8-10-17(29-4)19(15)23-18/h8-10,12-13,24H,5-7,11H2,1-4H3. The molecule has 0 aliphatic rings. The van der Waals surface area contributed by atoms with Crippen LogP contribution in [0.4, 0.5) is 5.82 Å². The second kappa shape index (κ2) is 9.34. The predicted molar refractivity (Wildman–Crippen MR) is 118 cm³/mol. The third-order valence-corrected chi connectivity index (χ3v) is 6.05. The predicted octanol–water partition coefficient (Wildman–Crippen LogP) is 3.46. The third kappa shape index (κ3) is 4.79.